The molecule has 4 heterocycles. The van der Waals surface area contributed by atoms with Gasteiger partial charge in [0.1, 0.15) is 103 Å². The average molecular weight is 1200 g/mol. The highest BCUT2D eigenvalue weighted by atomic mass is 16.7. The molecule has 5 aromatic rings. The zero-order chi connectivity index (χ0) is 61.7. The SMILES string of the molecule is COc1cc(/C=C/C(=O)OC[C@H]2O[C@@H](Oc3cc(O)c4cc(O[C@@H]5O[C@H](CO)[C@@H](O)[C@H](O)[C@H]5O)c(-c5cc(O)c(O)c(O[C@@H]6O[C@H](COC(=O)/C=C/c7cc(OC)c(O)c(OC)c7)[C@@H](O)[C@H](O)[C@H]6O)c5)[o+]c4c3)[C@H](O)[C@@H](O)[C@@H]2O)cc(OC)c1O. The van der Waals surface area contributed by atoms with Crippen LogP contribution in [-0.4, -0.2) is 229 Å². The largest absolute Gasteiger partial charge is 0.507 e. The Hall–Kier alpha value is -8.21. The summed E-state index contributed by atoms with van der Waals surface area (Å²) < 4.78 is 71.7. The molecule has 4 aromatic carbocycles. The molecule has 30 heteroatoms. The number of methoxy groups -OCH3 is 4. The zero-order valence-electron chi connectivity index (χ0n) is 45.1. The second kappa shape index (κ2) is 26.8. The van der Waals surface area contributed by atoms with Gasteiger partial charge in [-0.3, -0.25) is 0 Å². The van der Waals surface area contributed by atoms with Crippen molar-refractivity contribution in [3.05, 3.63) is 77.9 Å². The Morgan fingerprint density at radius 3 is 1.34 bits per heavy atom. The van der Waals surface area contributed by atoms with Gasteiger partial charge in [0.2, 0.25) is 41.9 Å². The van der Waals surface area contributed by atoms with E-state index in [0.717, 1.165) is 42.5 Å². The molecule has 0 spiro atoms. The van der Waals surface area contributed by atoms with Gasteiger partial charge >= 0.3 is 23.3 Å². The van der Waals surface area contributed by atoms with Crippen molar-refractivity contribution in [1.82, 2.24) is 0 Å². The lowest BCUT2D eigenvalue weighted by molar-refractivity contribution is -0.278. The minimum absolute atomic E-state index is 0.0295. The number of ether oxygens (including phenoxy) is 12. The van der Waals surface area contributed by atoms with Gasteiger partial charge in [0.15, 0.2) is 34.5 Å². The third-order valence-corrected chi connectivity index (χ3v) is 13.7. The molecule has 30 nitrogen and oxygen atoms in total. The van der Waals surface area contributed by atoms with Gasteiger partial charge in [-0.05, 0) is 47.5 Å². The summed E-state index contributed by atoms with van der Waals surface area (Å²) in [6.07, 6.45) is -23.6. The van der Waals surface area contributed by atoms with E-state index in [2.05, 4.69) is 0 Å². The van der Waals surface area contributed by atoms with E-state index in [1.807, 2.05) is 0 Å². The summed E-state index contributed by atoms with van der Waals surface area (Å²) in [6, 6.07) is 10.6. The molecule has 3 fully saturated rings. The molecule has 15 N–H and O–H groups in total. The standard InChI is InChI=1S/C55H60O30/c1-73-29-9-21(10-30(74-2)41(29)62)5-7-38(59)77-19-36-44(65)47(68)49(70)53(84-36)79-24-15-26(57)25-17-34(82-55-50(71)46(67)43(64)35(18-56)83-55)52(80-28(25)16-24)23-13-27(58)40(61)33(14-23)81-54-51(72)48(69)45(66)37(85-54)20-78-39(60)8-6-22-11-31(75-3)42(63)32(12-22)76-4/h5-17,35-37,43-51,53-56,64-72H,18-20H2,1-4H3,(H4-,57,58,59,60,61,62,63)/p+1/t35-,36-,37-,43-,44-,45-,46+,47+,48+,49-,50-,51-,53-,54-,55-/m1/s1. The molecule has 0 radical (unpaired) electrons. The first kappa shape index (κ1) is 62.8. The Morgan fingerprint density at radius 1 is 0.471 bits per heavy atom. The van der Waals surface area contributed by atoms with Gasteiger partial charge in [0.05, 0.1) is 46.7 Å². The monoisotopic (exact) mass is 1200 g/mol. The van der Waals surface area contributed by atoms with Gasteiger partial charge in [0.25, 0.3) is 0 Å². The van der Waals surface area contributed by atoms with Gasteiger partial charge in [-0.2, -0.15) is 0 Å². The number of hydrogen-bond donors (Lipinski definition) is 15. The number of hydrogen-bond acceptors (Lipinski definition) is 29. The van der Waals surface area contributed by atoms with Crippen molar-refractivity contribution >= 4 is 35.1 Å². The van der Waals surface area contributed by atoms with Crippen molar-refractivity contribution in [3.8, 4) is 80.3 Å². The number of aromatic hydroxyl groups is 5. The van der Waals surface area contributed by atoms with E-state index in [9.17, 15) is 86.2 Å². The fourth-order valence-electron chi connectivity index (χ4n) is 8.97. The molecular weight excluding hydrogens is 1140 g/mol. The minimum Gasteiger partial charge on any atom is -0.507 e. The van der Waals surface area contributed by atoms with Crippen molar-refractivity contribution < 1.29 is 147 Å². The number of aliphatic hydroxyl groups is 10. The van der Waals surface area contributed by atoms with Gasteiger partial charge in [-0.1, -0.05) is 0 Å². The molecule has 3 aliphatic rings. The maximum atomic E-state index is 12.8. The first-order valence-electron chi connectivity index (χ1n) is 25.5. The highest BCUT2D eigenvalue weighted by Crippen LogP contribution is 2.47. The van der Waals surface area contributed by atoms with Gasteiger partial charge in [0, 0.05) is 36.4 Å². The molecule has 0 amide bonds. The first-order valence-corrected chi connectivity index (χ1v) is 25.5. The topological polar surface area (TPSA) is 460 Å². The van der Waals surface area contributed by atoms with Crippen LogP contribution >= 0.6 is 0 Å². The summed E-state index contributed by atoms with van der Waals surface area (Å²) in [5.74, 6) is -7.11. The summed E-state index contributed by atoms with van der Waals surface area (Å²) in [6.45, 7) is -2.35. The normalized spacial score (nSPS) is 27.8. The predicted octanol–water partition coefficient (Wildman–Crippen LogP) is -0.992. The number of benzene rings is 4. The number of aliphatic hydroxyl groups excluding tert-OH is 10. The first-order chi connectivity index (χ1) is 40.5. The van der Waals surface area contributed by atoms with Crippen molar-refractivity contribution in [1.29, 1.82) is 0 Å². The third kappa shape index (κ3) is 13.7. The Balaban J connectivity index is 1.06. The van der Waals surface area contributed by atoms with Crippen molar-refractivity contribution in [3.63, 3.8) is 0 Å². The van der Waals surface area contributed by atoms with Crippen LogP contribution in [0.25, 0.3) is 34.4 Å². The van der Waals surface area contributed by atoms with Crippen LogP contribution in [0.3, 0.4) is 0 Å². The maximum Gasteiger partial charge on any atom is 0.402 e. The van der Waals surface area contributed by atoms with Crippen LogP contribution in [0.5, 0.6) is 69.0 Å². The summed E-state index contributed by atoms with van der Waals surface area (Å²) in [5.41, 5.74) is 0.0437. The van der Waals surface area contributed by atoms with E-state index < -0.39 is 158 Å². The lowest BCUT2D eigenvalue weighted by Crippen LogP contribution is -2.60. The smallest absolute Gasteiger partial charge is 0.402 e. The van der Waals surface area contributed by atoms with Gasteiger partial charge in [-0.25, -0.2) is 14.0 Å². The van der Waals surface area contributed by atoms with Crippen LogP contribution in [0.1, 0.15) is 11.1 Å². The fourth-order valence-corrected chi connectivity index (χ4v) is 8.97. The Morgan fingerprint density at radius 2 is 0.894 bits per heavy atom. The molecular formula is C55H61O30+. The van der Waals surface area contributed by atoms with Crippen molar-refractivity contribution in [2.45, 2.75) is 92.1 Å². The zero-order valence-corrected chi connectivity index (χ0v) is 45.1. The maximum absolute atomic E-state index is 12.8. The number of esters is 2. The van der Waals surface area contributed by atoms with Crippen LogP contribution in [0.2, 0.25) is 0 Å². The number of phenols is 5. The van der Waals surface area contributed by atoms with E-state index in [4.69, 9.17) is 61.3 Å². The number of carbonyl (C=O) groups is 2. The number of fused-ring (bicyclic) bond motifs is 1. The highest BCUT2D eigenvalue weighted by molar-refractivity contribution is 5.90. The van der Waals surface area contributed by atoms with Crippen LogP contribution < -0.4 is 33.2 Å². The summed E-state index contributed by atoms with van der Waals surface area (Å²) >= 11 is 0. The Bertz CT molecular complexity index is 3210. The fraction of sp³-hybridized carbons (Fsp3) is 0.400. The quantitative estimate of drug-likeness (QED) is 0.0192. The van der Waals surface area contributed by atoms with Crippen LogP contribution in [0.4, 0.5) is 0 Å². The van der Waals surface area contributed by atoms with E-state index in [0.29, 0.717) is 11.1 Å². The number of carbonyl (C=O) groups excluding carboxylic acids is 2. The second-order valence-corrected chi connectivity index (χ2v) is 19.2. The molecule has 0 bridgehead atoms. The number of rotatable bonds is 20. The van der Waals surface area contributed by atoms with Crippen LogP contribution in [-0.2, 0) is 33.3 Å². The minimum atomic E-state index is -2.10. The predicted molar refractivity (Wildman–Crippen MR) is 282 cm³/mol. The van der Waals surface area contributed by atoms with Crippen LogP contribution in [0.15, 0.2) is 71.2 Å². The molecule has 85 heavy (non-hydrogen) atoms. The highest BCUT2D eigenvalue weighted by Gasteiger charge is 2.49. The lowest BCUT2D eigenvalue weighted by Gasteiger charge is -2.39. The molecule has 0 aliphatic carbocycles. The van der Waals surface area contributed by atoms with E-state index in [1.54, 1.807) is 0 Å². The Labute approximate surface area is 480 Å². The molecule has 15 atom stereocenters. The second-order valence-electron chi connectivity index (χ2n) is 19.2. The van der Waals surface area contributed by atoms with E-state index >= 15 is 0 Å². The van der Waals surface area contributed by atoms with Crippen molar-refractivity contribution in [2.75, 3.05) is 48.3 Å². The van der Waals surface area contributed by atoms with Gasteiger partial charge in [-0.15, -0.1) is 0 Å². The Kier molecular flexibility index (Phi) is 19.8. The van der Waals surface area contributed by atoms with Gasteiger partial charge < -0.3 is 133 Å². The van der Waals surface area contributed by atoms with E-state index in [-0.39, 0.29) is 56.8 Å². The van der Waals surface area contributed by atoms with E-state index in [1.165, 1.54) is 64.9 Å². The third-order valence-electron chi connectivity index (χ3n) is 13.7. The molecule has 3 aliphatic heterocycles. The summed E-state index contributed by atoms with van der Waals surface area (Å²) in [7, 11) is 5.21. The molecule has 8 rings (SSSR count). The molecule has 0 unspecified atom stereocenters. The molecule has 3 saturated heterocycles. The van der Waals surface area contributed by atoms with Crippen molar-refractivity contribution in [2.24, 2.45) is 0 Å². The average Bonchev–Trinajstić information content (AvgIpc) is 1.32. The summed E-state index contributed by atoms with van der Waals surface area (Å²) in [5, 5.41) is 161. The molecule has 460 valence electrons. The summed E-state index contributed by atoms with van der Waals surface area (Å²) in [4.78, 5) is 25.6. The van der Waals surface area contributed by atoms with Crippen LogP contribution in [0, 0.1) is 0 Å². The lowest BCUT2D eigenvalue weighted by atomic mass is 9.99. The molecule has 0 saturated carbocycles. The number of phenolic OH excluding ortho intramolecular Hbond substituents is 5. The molecule has 1 aromatic heterocycles.